The molecule has 8 nitrogen and oxygen atoms in total. The van der Waals surface area contributed by atoms with Gasteiger partial charge < -0.3 is 10.6 Å². The summed E-state index contributed by atoms with van der Waals surface area (Å²) in [5.74, 6) is -0.404. The highest BCUT2D eigenvalue weighted by molar-refractivity contribution is 6.02. The number of carbonyl (C=O) groups is 3. The van der Waals surface area contributed by atoms with E-state index in [9.17, 15) is 14.4 Å². The smallest absolute Gasteiger partial charge is 0.325 e. The Hall–Kier alpha value is -3.23. The first-order chi connectivity index (χ1) is 14.9. The molecule has 0 bridgehead atoms. The molecule has 0 aliphatic carbocycles. The average Bonchev–Trinajstić information content (AvgIpc) is 2.73. The van der Waals surface area contributed by atoms with Gasteiger partial charge in [0.1, 0.15) is 0 Å². The lowest BCUT2D eigenvalue weighted by molar-refractivity contribution is -0.122. The molecular weight excluding hydrogens is 394 g/mol. The number of carbonyl (C=O) groups excluding carboxylic acids is 3. The number of para-hydroxylation sites is 1. The second-order valence-corrected chi connectivity index (χ2v) is 7.72. The van der Waals surface area contributed by atoms with Crippen molar-refractivity contribution in [1.82, 2.24) is 15.1 Å². The van der Waals surface area contributed by atoms with Crippen LogP contribution < -0.4 is 16.0 Å². The average molecular weight is 424 g/mol. The molecule has 1 fully saturated rings. The van der Waals surface area contributed by atoms with Crippen LogP contribution in [0.5, 0.6) is 0 Å². The fraction of sp³-hybridized carbons (Fsp3) is 0.348. The number of nitrogens with one attached hydrogen (secondary N) is 3. The van der Waals surface area contributed by atoms with Crippen LogP contribution in [0.4, 0.5) is 16.2 Å². The predicted octanol–water partition coefficient (Wildman–Crippen LogP) is 2.21. The molecule has 0 saturated carbocycles. The molecule has 0 aromatic heterocycles. The lowest BCUT2D eigenvalue weighted by Crippen LogP contribution is -2.51. The maximum atomic E-state index is 12.2. The fourth-order valence-electron chi connectivity index (χ4n) is 3.44. The van der Waals surface area contributed by atoms with Gasteiger partial charge in [-0.2, -0.15) is 0 Å². The summed E-state index contributed by atoms with van der Waals surface area (Å²) in [7, 11) is 0. The Labute approximate surface area is 182 Å². The molecule has 164 valence electrons. The van der Waals surface area contributed by atoms with Gasteiger partial charge in [-0.05, 0) is 43.2 Å². The number of anilines is 2. The normalized spacial score (nSPS) is 14.6. The van der Waals surface area contributed by atoms with Gasteiger partial charge in [0.2, 0.25) is 11.8 Å². The second kappa shape index (κ2) is 10.7. The molecule has 1 saturated heterocycles. The van der Waals surface area contributed by atoms with E-state index in [-0.39, 0.29) is 18.4 Å². The molecule has 1 heterocycles. The number of benzene rings is 2. The van der Waals surface area contributed by atoms with Crippen molar-refractivity contribution in [2.45, 2.75) is 13.8 Å². The number of rotatable bonds is 6. The largest absolute Gasteiger partial charge is 0.325 e. The van der Waals surface area contributed by atoms with Crippen molar-refractivity contribution in [2.75, 3.05) is 49.9 Å². The van der Waals surface area contributed by atoms with E-state index in [1.54, 1.807) is 6.07 Å². The van der Waals surface area contributed by atoms with Gasteiger partial charge in [0.05, 0.1) is 13.1 Å². The first-order valence-corrected chi connectivity index (χ1v) is 10.4. The van der Waals surface area contributed by atoms with Crippen molar-refractivity contribution in [3.63, 3.8) is 0 Å². The number of aryl methyl sites for hydroxylation is 1. The molecule has 0 unspecified atom stereocenters. The minimum Gasteiger partial charge on any atom is -0.325 e. The zero-order valence-corrected chi connectivity index (χ0v) is 18.0. The third kappa shape index (κ3) is 6.91. The van der Waals surface area contributed by atoms with Crippen LogP contribution in [0.25, 0.3) is 0 Å². The van der Waals surface area contributed by atoms with Gasteiger partial charge in [-0.3, -0.25) is 24.7 Å². The lowest BCUT2D eigenvalue weighted by atomic mass is 10.1. The molecule has 4 amide bonds. The van der Waals surface area contributed by atoms with E-state index in [1.165, 1.54) is 0 Å². The van der Waals surface area contributed by atoms with Crippen molar-refractivity contribution in [3.05, 3.63) is 59.7 Å². The van der Waals surface area contributed by atoms with Crippen LogP contribution in [0, 0.1) is 13.8 Å². The Kier molecular flexibility index (Phi) is 7.75. The summed E-state index contributed by atoms with van der Waals surface area (Å²) in [6.07, 6.45) is 0. The Bertz CT molecular complexity index is 924. The van der Waals surface area contributed by atoms with Crippen LogP contribution >= 0.6 is 0 Å². The van der Waals surface area contributed by atoms with Crippen LogP contribution in [0.2, 0.25) is 0 Å². The summed E-state index contributed by atoms with van der Waals surface area (Å²) in [5.41, 5.74) is 3.51. The van der Waals surface area contributed by atoms with E-state index in [0.717, 1.165) is 16.8 Å². The van der Waals surface area contributed by atoms with Crippen LogP contribution in [0.3, 0.4) is 0 Å². The molecular formula is C23H29N5O3. The van der Waals surface area contributed by atoms with Gasteiger partial charge in [-0.25, -0.2) is 4.79 Å². The summed E-state index contributed by atoms with van der Waals surface area (Å²) in [6, 6.07) is 14.5. The molecule has 0 spiro atoms. The van der Waals surface area contributed by atoms with E-state index in [1.807, 2.05) is 61.2 Å². The molecule has 3 rings (SSSR count). The molecule has 2 aromatic rings. The molecule has 3 N–H and O–H groups in total. The molecule has 1 aliphatic heterocycles. The Morgan fingerprint density at radius 2 is 1.39 bits per heavy atom. The van der Waals surface area contributed by atoms with Gasteiger partial charge in [-0.1, -0.05) is 30.3 Å². The quantitative estimate of drug-likeness (QED) is 0.662. The van der Waals surface area contributed by atoms with Gasteiger partial charge in [0.25, 0.3) is 0 Å². The number of hydrogen-bond donors (Lipinski definition) is 3. The Morgan fingerprint density at radius 1 is 0.774 bits per heavy atom. The molecule has 8 heteroatoms. The molecule has 1 aliphatic rings. The van der Waals surface area contributed by atoms with E-state index in [0.29, 0.717) is 38.4 Å². The SMILES string of the molecule is Cc1cccc(NC(=O)NC(=O)CN2CCN(CC(=O)Nc3ccccc3)CC2)c1C. The van der Waals surface area contributed by atoms with Crippen molar-refractivity contribution in [1.29, 1.82) is 0 Å². The number of piperazine rings is 1. The maximum Gasteiger partial charge on any atom is 0.325 e. The highest BCUT2D eigenvalue weighted by Gasteiger charge is 2.21. The van der Waals surface area contributed by atoms with Crippen LogP contribution in [0.15, 0.2) is 48.5 Å². The minimum atomic E-state index is -0.532. The van der Waals surface area contributed by atoms with Gasteiger partial charge in [0, 0.05) is 37.6 Å². The van der Waals surface area contributed by atoms with Crippen LogP contribution in [-0.4, -0.2) is 66.9 Å². The summed E-state index contributed by atoms with van der Waals surface area (Å²) in [5, 5.41) is 7.99. The van der Waals surface area contributed by atoms with E-state index < -0.39 is 6.03 Å². The molecule has 0 atom stereocenters. The number of urea groups is 1. The predicted molar refractivity (Wildman–Crippen MR) is 121 cm³/mol. The first-order valence-electron chi connectivity index (χ1n) is 10.4. The zero-order chi connectivity index (χ0) is 22.2. The summed E-state index contributed by atoms with van der Waals surface area (Å²) in [6.45, 7) is 7.03. The van der Waals surface area contributed by atoms with Crippen LogP contribution in [0.1, 0.15) is 11.1 Å². The highest BCUT2D eigenvalue weighted by atomic mass is 16.2. The van der Waals surface area contributed by atoms with Crippen molar-refractivity contribution in [3.8, 4) is 0 Å². The third-order valence-corrected chi connectivity index (χ3v) is 5.36. The molecule has 0 radical (unpaired) electrons. The second-order valence-electron chi connectivity index (χ2n) is 7.72. The van der Waals surface area contributed by atoms with Crippen molar-refractivity contribution < 1.29 is 14.4 Å². The summed E-state index contributed by atoms with van der Waals surface area (Å²) in [4.78, 5) is 40.6. The summed E-state index contributed by atoms with van der Waals surface area (Å²) >= 11 is 0. The third-order valence-electron chi connectivity index (χ3n) is 5.36. The van der Waals surface area contributed by atoms with E-state index in [4.69, 9.17) is 0 Å². The van der Waals surface area contributed by atoms with E-state index in [2.05, 4.69) is 20.9 Å². The topological polar surface area (TPSA) is 93.8 Å². The van der Waals surface area contributed by atoms with Gasteiger partial charge in [0.15, 0.2) is 0 Å². The summed E-state index contributed by atoms with van der Waals surface area (Å²) < 4.78 is 0. The molecule has 31 heavy (non-hydrogen) atoms. The van der Waals surface area contributed by atoms with Crippen molar-refractivity contribution >= 4 is 29.2 Å². The highest BCUT2D eigenvalue weighted by Crippen LogP contribution is 2.17. The lowest BCUT2D eigenvalue weighted by Gasteiger charge is -2.33. The van der Waals surface area contributed by atoms with Crippen molar-refractivity contribution in [2.24, 2.45) is 0 Å². The number of imide groups is 1. The fourth-order valence-corrected chi connectivity index (χ4v) is 3.44. The van der Waals surface area contributed by atoms with Gasteiger partial charge in [-0.15, -0.1) is 0 Å². The molecule has 2 aromatic carbocycles. The Morgan fingerprint density at radius 3 is 2.03 bits per heavy atom. The minimum absolute atomic E-state index is 0.0551. The number of nitrogens with zero attached hydrogens (tertiary/aromatic N) is 2. The number of amides is 4. The zero-order valence-electron chi connectivity index (χ0n) is 18.0. The first kappa shape index (κ1) is 22.5. The van der Waals surface area contributed by atoms with Crippen LogP contribution in [-0.2, 0) is 9.59 Å². The monoisotopic (exact) mass is 423 g/mol. The van der Waals surface area contributed by atoms with E-state index >= 15 is 0 Å². The van der Waals surface area contributed by atoms with Gasteiger partial charge >= 0.3 is 6.03 Å². The maximum absolute atomic E-state index is 12.2. The number of hydrogen-bond acceptors (Lipinski definition) is 5. The standard InChI is InChI=1S/C23H29N5O3/c1-17-7-6-10-20(18(17)2)25-23(31)26-22(30)16-28-13-11-27(12-14-28)15-21(29)24-19-8-4-3-5-9-19/h3-10H,11-16H2,1-2H3,(H,24,29)(H2,25,26,30,31). The Balaban J connectivity index is 1.37.